The average Bonchev–Trinajstić information content (AvgIpc) is 2.83. The smallest absolute Gasteiger partial charge is 0.00824 e. The Balaban J connectivity index is 1.80. The van der Waals surface area contributed by atoms with Crippen molar-refractivity contribution in [3.05, 3.63) is 57.8 Å². The summed E-state index contributed by atoms with van der Waals surface area (Å²) >= 11 is 1.76. The predicted molar refractivity (Wildman–Crippen MR) is 75.5 cm³/mol. The van der Waals surface area contributed by atoms with Crippen molar-refractivity contribution in [2.45, 2.75) is 32.2 Å². The molecule has 0 fully saturated rings. The molecule has 17 heavy (non-hydrogen) atoms. The number of rotatable bonds is 5. The number of hydrogen-bond acceptors (Lipinski definition) is 2. The van der Waals surface area contributed by atoms with Crippen LogP contribution >= 0.6 is 11.3 Å². The monoisotopic (exact) mass is 245 g/mol. The van der Waals surface area contributed by atoms with E-state index in [1.54, 1.807) is 11.3 Å². The Hall–Kier alpha value is -1.12. The van der Waals surface area contributed by atoms with Crippen LogP contribution in [0.15, 0.2) is 41.1 Å². The number of nitrogens with two attached hydrogens (primary N) is 1. The summed E-state index contributed by atoms with van der Waals surface area (Å²) in [6.07, 6.45) is 3.13. The second kappa shape index (κ2) is 5.99. The van der Waals surface area contributed by atoms with Gasteiger partial charge in [-0.1, -0.05) is 29.8 Å². The molecule has 2 rings (SSSR count). The van der Waals surface area contributed by atoms with Crippen molar-refractivity contribution in [1.29, 1.82) is 0 Å². The highest BCUT2D eigenvalue weighted by molar-refractivity contribution is 7.07. The van der Waals surface area contributed by atoms with E-state index >= 15 is 0 Å². The minimum absolute atomic E-state index is 0.262. The maximum Gasteiger partial charge on any atom is 0.00824 e. The first kappa shape index (κ1) is 12.3. The van der Waals surface area contributed by atoms with E-state index in [-0.39, 0.29) is 6.04 Å². The number of hydrogen-bond donors (Lipinski definition) is 1. The van der Waals surface area contributed by atoms with Crippen LogP contribution < -0.4 is 5.73 Å². The first-order valence-electron chi connectivity index (χ1n) is 6.06. The molecule has 0 saturated carbocycles. The standard InChI is InChI=1S/C15H19NS/c1-12-2-4-13(5-3-12)10-15(16)7-6-14-8-9-17-11-14/h2-5,8-9,11,15H,6-7,10,16H2,1H3. The summed E-state index contributed by atoms with van der Waals surface area (Å²) in [5.41, 5.74) is 10.2. The normalized spacial score (nSPS) is 12.6. The molecule has 2 aromatic rings. The van der Waals surface area contributed by atoms with E-state index in [4.69, 9.17) is 5.73 Å². The van der Waals surface area contributed by atoms with Crippen LogP contribution in [-0.2, 0) is 12.8 Å². The molecule has 1 nitrogen and oxygen atoms in total. The number of benzene rings is 1. The van der Waals surface area contributed by atoms with Crippen LogP contribution in [0.3, 0.4) is 0 Å². The van der Waals surface area contributed by atoms with Gasteiger partial charge in [0, 0.05) is 6.04 Å². The first-order chi connectivity index (χ1) is 8.24. The summed E-state index contributed by atoms with van der Waals surface area (Å²) in [5, 5.41) is 4.33. The molecular weight excluding hydrogens is 226 g/mol. The quantitative estimate of drug-likeness (QED) is 0.856. The second-order valence-corrected chi connectivity index (χ2v) is 5.40. The van der Waals surface area contributed by atoms with Crippen molar-refractivity contribution in [1.82, 2.24) is 0 Å². The Bertz CT molecular complexity index is 430. The van der Waals surface area contributed by atoms with Crippen molar-refractivity contribution < 1.29 is 0 Å². The van der Waals surface area contributed by atoms with Crippen LogP contribution in [0.4, 0.5) is 0 Å². The third-order valence-electron chi connectivity index (χ3n) is 3.00. The molecule has 1 heterocycles. The zero-order chi connectivity index (χ0) is 12.1. The highest BCUT2D eigenvalue weighted by Crippen LogP contribution is 2.12. The van der Waals surface area contributed by atoms with E-state index in [1.807, 2.05) is 0 Å². The van der Waals surface area contributed by atoms with Crippen LogP contribution in [0.1, 0.15) is 23.1 Å². The summed E-state index contributed by atoms with van der Waals surface area (Å²) in [6.45, 7) is 2.11. The lowest BCUT2D eigenvalue weighted by molar-refractivity contribution is 0.611. The van der Waals surface area contributed by atoms with E-state index < -0.39 is 0 Å². The van der Waals surface area contributed by atoms with Crippen LogP contribution in [-0.4, -0.2) is 6.04 Å². The molecule has 0 bridgehead atoms. The van der Waals surface area contributed by atoms with Crippen molar-refractivity contribution in [3.63, 3.8) is 0 Å². The molecule has 0 spiro atoms. The van der Waals surface area contributed by atoms with Gasteiger partial charge in [-0.05, 0) is 54.1 Å². The fraction of sp³-hybridized carbons (Fsp3) is 0.333. The molecule has 1 atom stereocenters. The molecule has 1 aromatic heterocycles. The molecule has 2 N–H and O–H groups in total. The summed E-state index contributed by atoms with van der Waals surface area (Å²) in [6, 6.07) is 11.1. The molecule has 1 aromatic carbocycles. The van der Waals surface area contributed by atoms with Gasteiger partial charge in [-0.3, -0.25) is 0 Å². The van der Waals surface area contributed by atoms with Crippen LogP contribution in [0, 0.1) is 6.92 Å². The lowest BCUT2D eigenvalue weighted by atomic mass is 10.0. The van der Waals surface area contributed by atoms with Gasteiger partial charge >= 0.3 is 0 Å². The molecule has 90 valence electrons. The predicted octanol–water partition coefficient (Wildman–Crippen LogP) is 3.56. The topological polar surface area (TPSA) is 26.0 Å². The zero-order valence-electron chi connectivity index (χ0n) is 10.2. The van der Waals surface area contributed by atoms with Gasteiger partial charge in [0.15, 0.2) is 0 Å². The van der Waals surface area contributed by atoms with Gasteiger partial charge < -0.3 is 5.73 Å². The third kappa shape index (κ3) is 3.99. The lowest BCUT2D eigenvalue weighted by Gasteiger charge is -2.11. The Morgan fingerprint density at radius 1 is 1.12 bits per heavy atom. The van der Waals surface area contributed by atoms with Crippen molar-refractivity contribution in [3.8, 4) is 0 Å². The Morgan fingerprint density at radius 2 is 1.88 bits per heavy atom. The van der Waals surface area contributed by atoms with E-state index in [0.29, 0.717) is 0 Å². The van der Waals surface area contributed by atoms with Crippen LogP contribution in [0.25, 0.3) is 0 Å². The number of thiophene rings is 1. The minimum atomic E-state index is 0.262. The van der Waals surface area contributed by atoms with Crippen molar-refractivity contribution in [2.75, 3.05) is 0 Å². The van der Waals surface area contributed by atoms with Gasteiger partial charge in [-0.15, -0.1) is 0 Å². The van der Waals surface area contributed by atoms with Gasteiger partial charge in [-0.25, -0.2) is 0 Å². The Morgan fingerprint density at radius 3 is 2.53 bits per heavy atom. The molecule has 0 aliphatic rings. The van der Waals surface area contributed by atoms with Gasteiger partial charge in [0.1, 0.15) is 0 Å². The molecule has 0 aliphatic heterocycles. The van der Waals surface area contributed by atoms with Crippen LogP contribution in [0.5, 0.6) is 0 Å². The van der Waals surface area contributed by atoms with Crippen molar-refractivity contribution in [2.24, 2.45) is 5.73 Å². The van der Waals surface area contributed by atoms with Gasteiger partial charge in [0.05, 0.1) is 0 Å². The molecule has 0 saturated heterocycles. The summed E-state index contributed by atoms with van der Waals surface area (Å²) < 4.78 is 0. The highest BCUT2D eigenvalue weighted by Gasteiger charge is 2.04. The second-order valence-electron chi connectivity index (χ2n) is 4.62. The number of aryl methyl sites for hydroxylation is 2. The zero-order valence-corrected chi connectivity index (χ0v) is 11.0. The fourth-order valence-corrected chi connectivity index (χ4v) is 2.62. The van der Waals surface area contributed by atoms with Gasteiger partial charge in [0.2, 0.25) is 0 Å². The van der Waals surface area contributed by atoms with Gasteiger partial charge in [0.25, 0.3) is 0 Å². The molecule has 1 unspecified atom stereocenters. The van der Waals surface area contributed by atoms with E-state index in [9.17, 15) is 0 Å². The molecule has 0 amide bonds. The van der Waals surface area contributed by atoms with E-state index in [1.165, 1.54) is 16.7 Å². The molecule has 2 heteroatoms. The van der Waals surface area contributed by atoms with E-state index in [2.05, 4.69) is 48.0 Å². The molecule has 0 radical (unpaired) electrons. The molecular formula is C15H19NS. The maximum atomic E-state index is 6.16. The van der Waals surface area contributed by atoms with Crippen molar-refractivity contribution >= 4 is 11.3 Å². The largest absolute Gasteiger partial charge is 0.327 e. The third-order valence-corrected chi connectivity index (χ3v) is 3.73. The lowest BCUT2D eigenvalue weighted by Crippen LogP contribution is -2.23. The highest BCUT2D eigenvalue weighted by atomic mass is 32.1. The van der Waals surface area contributed by atoms with Gasteiger partial charge in [-0.2, -0.15) is 11.3 Å². The molecule has 0 aliphatic carbocycles. The minimum Gasteiger partial charge on any atom is -0.327 e. The fourth-order valence-electron chi connectivity index (χ4n) is 1.92. The first-order valence-corrected chi connectivity index (χ1v) is 7.00. The summed E-state index contributed by atoms with van der Waals surface area (Å²) in [5.74, 6) is 0. The Labute approximate surface area is 107 Å². The summed E-state index contributed by atoms with van der Waals surface area (Å²) in [7, 11) is 0. The summed E-state index contributed by atoms with van der Waals surface area (Å²) in [4.78, 5) is 0. The Kier molecular flexibility index (Phi) is 4.35. The maximum absolute atomic E-state index is 6.16. The SMILES string of the molecule is Cc1ccc(CC(N)CCc2ccsc2)cc1. The van der Waals surface area contributed by atoms with E-state index in [0.717, 1.165) is 19.3 Å². The average molecular weight is 245 g/mol. The van der Waals surface area contributed by atoms with Crippen LogP contribution in [0.2, 0.25) is 0 Å².